The van der Waals surface area contributed by atoms with Crippen molar-refractivity contribution >= 4 is 5.97 Å². The third-order valence-electron chi connectivity index (χ3n) is 3.03. The average Bonchev–Trinajstić information content (AvgIpc) is 2.90. The van der Waals surface area contributed by atoms with E-state index < -0.39 is 5.97 Å². The first-order valence-electron chi connectivity index (χ1n) is 6.44. The number of ether oxygens (including phenoxy) is 3. The van der Waals surface area contributed by atoms with E-state index in [1.54, 1.807) is 25.1 Å². The molecular weight excluding hydrogens is 272 g/mol. The van der Waals surface area contributed by atoms with E-state index in [-0.39, 0.29) is 6.61 Å². The van der Waals surface area contributed by atoms with Crippen LogP contribution in [0.15, 0.2) is 30.5 Å². The molecule has 0 fully saturated rings. The summed E-state index contributed by atoms with van der Waals surface area (Å²) in [5, 5.41) is 4.37. The van der Waals surface area contributed by atoms with Gasteiger partial charge in [-0.3, -0.25) is 4.68 Å². The minimum Gasteiger partial charge on any atom is -0.497 e. The van der Waals surface area contributed by atoms with Gasteiger partial charge in [-0.05, 0) is 17.7 Å². The predicted molar refractivity (Wildman–Crippen MR) is 76.4 cm³/mol. The number of methoxy groups -OCH3 is 3. The van der Waals surface area contributed by atoms with Crippen LogP contribution in [0.2, 0.25) is 0 Å². The van der Waals surface area contributed by atoms with Crippen LogP contribution in [0.3, 0.4) is 0 Å². The van der Waals surface area contributed by atoms with Gasteiger partial charge in [-0.1, -0.05) is 12.1 Å². The summed E-state index contributed by atoms with van der Waals surface area (Å²) in [6.07, 6.45) is 1.67. The van der Waals surface area contributed by atoms with Crippen LogP contribution in [0.5, 0.6) is 5.75 Å². The molecule has 0 bridgehead atoms. The number of rotatable bonds is 6. The topological polar surface area (TPSA) is 62.6 Å². The molecule has 0 saturated heterocycles. The van der Waals surface area contributed by atoms with E-state index in [4.69, 9.17) is 14.2 Å². The number of nitrogens with zero attached hydrogens (tertiary/aromatic N) is 2. The predicted octanol–water partition coefficient (Wildman–Crippen LogP) is 1.87. The van der Waals surface area contributed by atoms with Crippen molar-refractivity contribution in [1.82, 2.24) is 9.78 Å². The molecule has 0 N–H and O–H groups in total. The standard InChI is InChI=1S/C15H18N2O4/c1-19-10-14-13(15(18)21-3)9-17(16-14)8-11-4-6-12(20-2)7-5-11/h4-7,9H,8,10H2,1-3H3. The second-order valence-electron chi connectivity index (χ2n) is 4.46. The zero-order valence-corrected chi connectivity index (χ0v) is 12.3. The Morgan fingerprint density at radius 1 is 1.19 bits per heavy atom. The van der Waals surface area contributed by atoms with Gasteiger partial charge in [0, 0.05) is 13.3 Å². The van der Waals surface area contributed by atoms with E-state index in [0.717, 1.165) is 11.3 Å². The van der Waals surface area contributed by atoms with Crippen molar-refractivity contribution in [2.75, 3.05) is 21.3 Å². The van der Waals surface area contributed by atoms with Gasteiger partial charge < -0.3 is 14.2 Å². The van der Waals surface area contributed by atoms with Gasteiger partial charge in [0.1, 0.15) is 17.0 Å². The van der Waals surface area contributed by atoms with E-state index in [1.807, 2.05) is 24.3 Å². The third-order valence-corrected chi connectivity index (χ3v) is 3.03. The highest BCUT2D eigenvalue weighted by Crippen LogP contribution is 2.14. The fraction of sp³-hybridized carbons (Fsp3) is 0.333. The summed E-state index contributed by atoms with van der Waals surface area (Å²) in [4.78, 5) is 11.7. The molecule has 0 unspecified atom stereocenters. The Kier molecular flexibility index (Phi) is 4.94. The van der Waals surface area contributed by atoms with E-state index in [9.17, 15) is 4.79 Å². The van der Waals surface area contributed by atoms with Crippen LogP contribution >= 0.6 is 0 Å². The minimum absolute atomic E-state index is 0.264. The Morgan fingerprint density at radius 2 is 1.90 bits per heavy atom. The second-order valence-corrected chi connectivity index (χ2v) is 4.46. The quantitative estimate of drug-likeness (QED) is 0.760. The molecule has 0 aliphatic rings. The first-order valence-corrected chi connectivity index (χ1v) is 6.44. The maximum atomic E-state index is 11.7. The van der Waals surface area contributed by atoms with Crippen LogP contribution < -0.4 is 4.74 Å². The Bertz CT molecular complexity index is 605. The highest BCUT2D eigenvalue weighted by atomic mass is 16.5. The lowest BCUT2D eigenvalue weighted by molar-refractivity contribution is 0.0595. The molecule has 0 saturated carbocycles. The molecule has 1 heterocycles. The van der Waals surface area contributed by atoms with Crippen molar-refractivity contribution < 1.29 is 19.0 Å². The van der Waals surface area contributed by atoms with Gasteiger partial charge in [0.2, 0.25) is 0 Å². The molecule has 21 heavy (non-hydrogen) atoms. The summed E-state index contributed by atoms with van der Waals surface area (Å²) >= 11 is 0. The van der Waals surface area contributed by atoms with Crippen molar-refractivity contribution in [2.24, 2.45) is 0 Å². The minimum atomic E-state index is -0.414. The maximum absolute atomic E-state index is 11.7. The molecule has 0 atom stereocenters. The van der Waals surface area contributed by atoms with Crippen molar-refractivity contribution in [1.29, 1.82) is 0 Å². The van der Waals surface area contributed by atoms with Gasteiger partial charge in [-0.25, -0.2) is 4.79 Å². The highest BCUT2D eigenvalue weighted by molar-refractivity contribution is 5.90. The van der Waals surface area contributed by atoms with Crippen molar-refractivity contribution in [3.05, 3.63) is 47.3 Å². The number of carbonyl (C=O) groups excluding carboxylic acids is 1. The van der Waals surface area contributed by atoms with E-state index in [1.165, 1.54) is 7.11 Å². The molecule has 6 nitrogen and oxygen atoms in total. The van der Waals surface area contributed by atoms with Gasteiger partial charge in [0.05, 0.1) is 27.4 Å². The fourth-order valence-electron chi connectivity index (χ4n) is 1.98. The average molecular weight is 290 g/mol. The van der Waals surface area contributed by atoms with E-state index >= 15 is 0 Å². The Hall–Kier alpha value is -2.34. The molecule has 0 radical (unpaired) electrons. The first-order chi connectivity index (χ1) is 10.2. The Balaban J connectivity index is 2.20. The second kappa shape index (κ2) is 6.90. The molecule has 0 aliphatic heterocycles. The summed E-state index contributed by atoms with van der Waals surface area (Å²) < 4.78 is 16.6. The van der Waals surface area contributed by atoms with Crippen LogP contribution in [0.4, 0.5) is 0 Å². The lowest BCUT2D eigenvalue weighted by atomic mass is 10.2. The number of esters is 1. The monoisotopic (exact) mass is 290 g/mol. The highest BCUT2D eigenvalue weighted by Gasteiger charge is 2.16. The zero-order chi connectivity index (χ0) is 15.2. The molecule has 0 aliphatic carbocycles. The summed E-state index contributed by atoms with van der Waals surface area (Å²) in [7, 11) is 4.53. The lowest BCUT2D eigenvalue weighted by Crippen LogP contribution is -2.04. The number of carbonyl (C=O) groups is 1. The molecule has 1 aromatic carbocycles. The van der Waals surface area contributed by atoms with Gasteiger partial charge in [0.25, 0.3) is 0 Å². The van der Waals surface area contributed by atoms with Gasteiger partial charge in [0.15, 0.2) is 0 Å². The van der Waals surface area contributed by atoms with Crippen molar-refractivity contribution in [2.45, 2.75) is 13.2 Å². The SMILES string of the molecule is COCc1nn(Cc2ccc(OC)cc2)cc1C(=O)OC. The summed E-state index contributed by atoms with van der Waals surface area (Å²) in [6, 6.07) is 7.68. The van der Waals surface area contributed by atoms with Crippen LogP contribution in [0, 0.1) is 0 Å². The van der Waals surface area contributed by atoms with E-state index in [2.05, 4.69) is 5.10 Å². The van der Waals surface area contributed by atoms with Crippen molar-refractivity contribution in [3.8, 4) is 5.75 Å². The fourth-order valence-corrected chi connectivity index (χ4v) is 1.98. The molecule has 2 aromatic rings. The smallest absolute Gasteiger partial charge is 0.341 e. The van der Waals surface area contributed by atoms with Gasteiger partial charge in [-0.15, -0.1) is 0 Å². The number of hydrogen-bond donors (Lipinski definition) is 0. The van der Waals surface area contributed by atoms with Crippen LogP contribution in [0.1, 0.15) is 21.6 Å². The van der Waals surface area contributed by atoms with Gasteiger partial charge >= 0.3 is 5.97 Å². The number of benzene rings is 1. The molecule has 1 aromatic heterocycles. The Morgan fingerprint density at radius 3 is 2.48 bits per heavy atom. The largest absolute Gasteiger partial charge is 0.497 e. The van der Waals surface area contributed by atoms with Crippen molar-refractivity contribution in [3.63, 3.8) is 0 Å². The third kappa shape index (κ3) is 3.61. The summed E-state index contributed by atoms with van der Waals surface area (Å²) in [5.41, 5.74) is 2.05. The number of hydrogen-bond acceptors (Lipinski definition) is 5. The Labute approximate surface area is 123 Å². The van der Waals surface area contributed by atoms with E-state index in [0.29, 0.717) is 17.8 Å². The first kappa shape index (κ1) is 15.1. The summed E-state index contributed by atoms with van der Waals surface area (Å²) in [5.74, 6) is 0.387. The lowest BCUT2D eigenvalue weighted by Gasteiger charge is -2.03. The molecular formula is C15H18N2O4. The van der Waals surface area contributed by atoms with Crippen LogP contribution in [-0.4, -0.2) is 37.1 Å². The zero-order valence-electron chi connectivity index (χ0n) is 12.3. The molecule has 6 heteroatoms. The van der Waals surface area contributed by atoms with Crippen LogP contribution in [-0.2, 0) is 22.6 Å². The van der Waals surface area contributed by atoms with Gasteiger partial charge in [-0.2, -0.15) is 5.10 Å². The molecule has 0 spiro atoms. The molecule has 0 amide bonds. The molecule has 112 valence electrons. The summed E-state index contributed by atoms with van der Waals surface area (Å²) in [6.45, 7) is 0.817. The van der Waals surface area contributed by atoms with Crippen LogP contribution in [0.25, 0.3) is 0 Å². The number of aromatic nitrogens is 2. The maximum Gasteiger partial charge on any atom is 0.341 e. The molecule has 2 rings (SSSR count). The normalized spacial score (nSPS) is 10.4.